The number of nitrogens with one attached hydrogen (secondary N) is 3. The lowest BCUT2D eigenvalue weighted by molar-refractivity contribution is 0.100. The van der Waals surface area contributed by atoms with Gasteiger partial charge in [-0.2, -0.15) is 10.1 Å². The smallest absolute Gasteiger partial charge is 0.280 e. The van der Waals surface area contributed by atoms with Crippen LogP contribution in [-0.4, -0.2) is 22.1 Å². The van der Waals surface area contributed by atoms with Crippen molar-refractivity contribution in [1.82, 2.24) is 15.5 Å². The highest BCUT2D eigenvalue weighted by Gasteiger charge is 2.11. The van der Waals surface area contributed by atoms with Gasteiger partial charge in [-0.3, -0.25) is 9.89 Å². The summed E-state index contributed by atoms with van der Waals surface area (Å²) in [4.78, 5) is 16.9. The lowest BCUT2D eigenvalue weighted by atomic mass is 10.1. The molecule has 0 bridgehead atoms. The summed E-state index contributed by atoms with van der Waals surface area (Å²) in [5.41, 5.74) is 3.98. The highest BCUT2D eigenvalue weighted by Crippen LogP contribution is 2.20. The zero-order valence-electron chi connectivity index (χ0n) is 17.8. The van der Waals surface area contributed by atoms with Gasteiger partial charge in [-0.15, -0.1) is 0 Å². The zero-order chi connectivity index (χ0) is 23.2. The molecule has 3 N–H and O–H groups in total. The number of anilines is 1. The molecule has 1 amide bonds. The largest absolute Gasteiger partial charge is 0.352 e. The van der Waals surface area contributed by atoms with Gasteiger partial charge in [0, 0.05) is 28.8 Å². The molecule has 1 heterocycles. The molecular formula is C25H21ClFN5O. The van der Waals surface area contributed by atoms with Crippen molar-refractivity contribution < 1.29 is 9.18 Å². The van der Waals surface area contributed by atoms with Crippen molar-refractivity contribution in [1.29, 1.82) is 0 Å². The molecule has 4 rings (SSSR count). The van der Waals surface area contributed by atoms with E-state index in [0.29, 0.717) is 28.6 Å². The highest BCUT2D eigenvalue weighted by atomic mass is 35.5. The molecule has 0 atom stereocenters. The van der Waals surface area contributed by atoms with E-state index >= 15 is 0 Å². The van der Waals surface area contributed by atoms with Crippen molar-refractivity contribution in [3.63, 3.8) is 0 Å². The Labute approximate surface area is 195 Å². The van der Waals surface area contributed by atoms with E-state index in [2.05, 4.69) is 25.8 Å². The number of hydrogen-bond donors (Lipinski definition) is 3. The van der Waals surface area contributed by atoms with Crippen LogP contribution in [0.5, 0.6) is 0 Å². The number of benzene rings is 3. The summed E-state index contributed by atoms with van der Waals surface area (Å²) in [5.74, 6) is 0.0367. The van der Waals surface area contributed by atoms with Crippen molar-refractivity contribution in [2.45, 2.75) is 13.5 Å². The van der Waals surface area contributed by atoms with Crippen molar-refractivity contribution in [2.75, 3.05) is 5.32 Å². The maximum atomic E-state index is 13.2. The molecule has 0 aliphatic heterocycles. The van der Waals surface area contributed by atoms with Gasteiger partial charge in [0.1, 0.15) is 11.6 Å². The van der Waals surface area contributed by atoms with Crippen LogP contribution >= 0.6 is 11.6 Å². The van der Waals surface area contributed by atoms with Gasteiger partial charge in [-0.25, -0.2) is 4.39 Å². The predicted molar refractivity (Wildman–Crippen MR) is 129 cm³/mol. The van der Waals surface area contributed by atoms with Crippen LogP contribution in [-0.2, 0) is 6.54 Å². The summed E-state index contributed by atoms with van der Waals surface area (Å²) in [7, 11) is 0. The SMILES string of the molecule is Cc1ccccc1CN/C(=N/C(=O)c1ccc(Cl)cc1)Nc1cc(-c2ccc(F)cc2)n[nH]1. The molecule has 8 heteroatoms. The van der Waals surface area contributed by atoms with E-state index < -0.39 is 5.91 Å². The number of nitrogens with zero attached hydrogens (tertiary/aromatic N) is 2. The summed E-state index contributed by atoms with van der Waals surface area (Å²) >= 11 is 5.92. The van der Waals surface area contributed by atoms with Gasteiger partial charge in [0.25, 0.3) is 5.91 Å². The van der Waals surface area contributed by atoms with E-state index in [1.165, 1.54) is 12.1 Å². The van der Waals surface area contributed by atoms with Crippen LogP contribution < -0.4 is 10.6 Å². The van der Waals surface area contributed by atoms with E-state index in [4.69, 9.17) is 11.6 Å². The molecule has 0 spiro atoms. The average Bonchev–Trinajstić information content (AvgIpc) is 3.27. The van der Waals surface area contributed by atoms with Crippen molar-refractivity contribution in [2.24, 2.45) is 4.99 Å². The molecule has 0 radical (unpaired) electrons. The molecule has 0 fully saturated rings. The van der Waals surface area contributed by atoms with Gasteiger partial charge in [-0.05, 0) is 66.6 Å². The van der Waals surface area contributed by atoms with E-state index in [1.807, 2.05) is 31.2 Å². The molecule has 0 saturated carbocycles. The fraction of sp³-hybridized carbons (Fsp3) is 0.0800. The molecule has 0 aliphatic rings. The number of amides is 1. The minimum atomic E-state index is -0.426. The second kappa shape index (κ2) is 10.1. The van der Waals surface area contributed by atoms with Crippen molar-refractivity contribution >= 4 is 29.3 Å². The first-order chi connectivity index (χ1) is 16.0. The molecule has 3 aromatic carbocycles. The molecular weight excluding hydrogens is 441 g/mol. The van der Waals surface area contributed by atoms with Crippen LogP contribution in [0.1, 0.15) is 21.5 Å². The fourth-order valence-corrected chi connectivity index (χ4v) is 3.27. The predicted octanol–water partition coefficient (Wildman–Crippen LogP) is 5.58. The van der Waals surface area contributed by atoms with Crippen LogP contribution in [0.3, 0.4) is 0 Å². The Morgan fingerprint density at radius 3 is 2.52 bits per heavy atom. The van der Waals surface area contributed by atoms with Crippen LogP contribution in [0.25, 0.3) is 11.3 Å². The number of guanidine groups is 1. The number of hydrogen-bond acceptors (Lipinski definition) is 2. The lowest BCUT2D eigenvalue weighted by Crippen LogP contribution is -2.31. The highest BCUT2D eigenvalue weighted by molar-refractivity contribution is 6.30. The van der Waals surface area contributed by atoms with Gasteiger partial charge in [0.05, 0.1) is 5.69 Å². The van der Waals surface area contributed by atoms with Crippen molar-refractivity contribution in [3.8, 4) is 11.3 Å². The first kappa shape index (κ1) is 22.2. The Morgan fingerprint density at radius 1 is 1.06 bits per heavy atom. The van der Waals surface area contributed by atoms with E-state index in [1.54, 1.807) is 42.5 Å². The maximum Gasteiger partial charge on any atom is 0.280 e. The summed E-state index contributed by atoms with van der Waals surface area (Å²) < 4.78 is 13.2. The number of aromatic nitrogens is 2. The normalized spacial score (nSPS) is 11.3. The Morgan fingerprint density at radius 2 is 1.79 bits per heavy atom. The topological polar surface area (TPSA) is 82.2 Å². The molecule has 1 aromatic heterocycles. The Balaban J connectivity index is 1.56. The number of halogens is 2. The van der Waals surface area contributed by atoms with Gasteiger partial charge < -0.3 is 10.6 Å². The fourth-order valence-electron chi connectivity index (χ4n) is 3.14. The summed E-state index contributed by atoms with van der Waals surface area (Å²) in [5, 5.41) is 13.9. The van der Waals surface area contributed by atoms with Crippen LogP contribution in [0.2, 0.25) is 5.02 Å². The second-order valence-corrected chi connectivity index (χ2v) is 7.79. The second-order valence-electron chi connectivity index (χ2n) is 7.35. The Bertz CT molecular complexity index is 1280. The third-order valence-electron chi connectivity index (χ3n) is 4.98. The number of rotatable bonds is 5. The van der Waals surface area contributed by atoms with Crippen LogP contribution in [0.4, 0.5) is 10.2 Å². The third kappa shape index (κ3) is 5.84. The first-order valence-corrected chi connectivity index (χ1v) is 10.6. The number of aromatic amines is 1. The quantitative estimate of drug-likeness (QED) is 0.268. The van der Waals surface area contributed by atoms with Gasteiger partial charge >= 0.3 is 0 Å². The average molecular weight is 462 g/mol. The van der Waals surface area contributed by atoms with E-state index in [0.717, 1.165) is 16.7 Å². The van der Waals surface area contributed by atoms with Crippen molar-refractivity contribution in [3.05, 3.63) is 106 Å². The minimum Gasteiger partial charge on any atom is -0.352 e. The van der Waals surface area contributed by atoms with Gasteiger partial charge in [0.15, 0.2) is 0 Å². The molecule has 6 nitrogen and oxygen atoms in total. The van der Waals surface area contributed by atoms with Crippen LogP contribution in [0.15, 0.2) is 83.9 Å². The summed E-state index contributed by atoms with van der Waals surface area (Å²) in [6.45, 7) is 2.48. The molecule has 4 aromatic rings. The molecule has 0 aliphatic carbocycles. The molecule has 0 unspecified atom stereocenters. The zero-order valence-corrected chi connectivity index (χ0v) is 18.5. The molecule has 0 saturated heterocycles. The third-order valence-corrected chi connectivity index (χ3v) is 5.23. The summed E-state index contributed by atoms with van der Waals surface area (Å²) in [6, 6.07) is 22.3. The van der Waals surface area contributed by atoms with E-state index in [9.17, 15) is 9.18 Å². The molecule has 166 valence electrons. The van der Waals surface area contributed by atoms with Crippen LogP contribution in [0, 0.1) is 12.7 Å². The number of aryl methyl sites for hydroxylation is 1. The number of carbonyl (C=O) groups excluding carboxylic acids is 1. The Kier molecular flexibility index (Phi) is 6.80. The molecule has 33 heavy (non-hydrogen) atoms. The summed E-state index contributed by atoms with van der Waals surface area (Å²) in [6.07, 6.45) is 0. The maximum absolute atomic E-state index is 13.2. The van der Waals surface area contributed by atoms with Gasteiger partial charge in [-0.1, -0.05) is 35.9 Å². The van der Waals surface area contributed by atoms with E-state index in [-0.39, 0.29) is 11.8 Å². The number of H-pyrrole nitrogens is 1. The lowest BCUT2D eigenvalue weighted by Gasteiger charge is -2.12. The number of carbonyl (C=O) groups is 1. The first-order valence-electron chi connectivity index (χ1n) is 10.2. The Hall–Kier alpha value is -3.97. The standard InChI is InChI=1S/C25H21ClFN5O/c1-16-4-2-3-5-19(16)15-28-25(30-24(33)18-6-10-20(26)11-7-18)29-23-14-22(31-32-23)17-8-12-21(27)13-9-17/h2-14H,15H2,1H3,(H3,28,29,30,31,32,33). The monoisotopic (exact) mass is 461 g/mol. The minimum absolute atomic E-state index is 0.257. The van der Waals surface area contributed by atoms with Gasteiger partial charge in [0.2, 0.25) is 5.96 Å². The number of aliphatic imine (C=N–C) groups is 1.